The minimum absolute atomic E-state index is 0.0931. The summed E-state index contributed by atoms with van der Waals surface area (Å²) in [7, 11) is 0. The van der Waals surface area contributed by atoms with Crippen molar-refractivity contribution in [1.29, 1.82) is 0 Å². The number of benzene rings is 1. The summed E-state index contributed by atoms with van der Waals surface area (Å²) in [5.74, 6) is 0.594. The van der Waals surface area contributed by atoms with E-state index < -0.39 is 4.92 Å². The van der Waals surface area contributed by atoms with Crippen LogP contribution in [0.1, 0.15) is 16.8 Å². The van der Waals surface area contributed by atoms with E-state index in [4.69, 9.17) is 4.74 Å². The van der Waals surface area contributed by atoms with Crippen molar-refractivity contribution in [3.63, 3.8) is 0 Å². The molecular formula is C16H15N3O3. The Kier molecular flexibility index (Phi) is 3.50. The van der Waals surface area contributed by atoms with Crippen LogP contribution in [0, 0.1) is 24.0 Å². The van der Waals surface area contributed by atoms with E-state index in [0.717, 1.165) is 16.9 Å². The number of aryl methyl sites for hydroxylation is 2. The van der Waals surface area contributed by atoms with Gasteiger partial charge in [0.1, 0.15) is 18.0 Å². The molecule has 112 valence electrons. The molecule has 22 heavy (non-hydrogen) atoms. The number of aromatic nitrogens is 2. The monoisotopic (exact) mass is 297 g/mol. The number of imidazole rings is 1. The van der Waals surface area contributed by atoms with E-state index in [1.807, 2.05) is 35.9 Å². The molecule has 0 fully saturated rings. The second kappa shape index (κ2) is 5.48. The van der Waals surface area contributed by atoms with Crippen molar-refractivity contribution in [2.24, 2.45) is 0 Å². The average Bonchev–Trinajstić information content (AvgIpc) is 2.86. The van der Waals surface area contributed by atoms with Gasteiger partial charge in [-0.1, -0.05) is 6.07 Å². The fourth-order valence-corrected chi connectivity index (χ4v) is 2.30. The molecule has 0 N–H and O–H groups in total. The van der Waals surface area contributed by atoms with Crippen LogP contribution in [0.25, 0.3) is 5.65 Å². The van der Waals surface area contributed by atoms with E-state index in [1.54, 1.807) is 19.1 Å². The number of ether oxygens (including phenoxy) is 1. The normalized spacial score (nSPS) is 10.8. The third kappa shape index (κ3) is 2.76. The zero-order valence-corrected chi connectivity index (χ0v) is 12.3. The molecule has 1 aromatic carbocycles. The standard InChI is InChI=1S/C16H15N3O3/c1-11-3-6-16-17-13(9-18(16)8-11)10-22-14-4-5-15(19(20)21)12(2)7-14/h3-9H,10H2,1-2H3. The topological polar surface area (TPSA) is 69.7 Å². The highest BCUT2D eigenvalue weighted by Gasteiger charge is 2.11. The minimum atomic E-state index is -0.399. The number of nitrogens with zero attached hydrogens (tertiary/aromatic N) is 3. The van der Waals surface area contributed by atoms with E-state index in [1.165, 1.54) is 6.07 Å². The molecule has 3 aromatic rings. The molecule has 6 nitrogen and oxygen atoms in total. The summed E-state index contributed by atoms with van der Waals surface area (Å²) in [6.45, 7) is 4.03. The first kappa shape index (κ1) is 14.1. The summed E-state index contributed by atoms with van der Waals surface area (Å²) in [4.78, 5) is 14.9. The lowest BCUT2D eigenvalue weighted by atomic mass is 10.2. The van der Waals surface area contributed by atoms with Crippen LogP contribution in [0.4, 0.5) is 5.69 Å². The Hall–Kier alpha value is -2.89. The molecule has 0 atom stereocenters. The van der Waals surface area contributed by atoms with Gasteiger partial charge < -0.3 is 9.14 Å². The van der Waals surface area contributed by atoms with E-state index in [-0.39, 0.29) is 5.69 Å². The maximum atomic E-state index is 10.8. The first-order valence-electron chi connectivity index (χ1n) is 6.85. The summed E-state index contributed by atoms with van der Waals surface area (Å²) < 4.78 is 7.62. The molecule has 6 heteroatoms. The highest BCUT2D eigenvalue weighted by Crippen LogP contribution is 2.23. The van der Waals surface area contributed by atoms with Gasteiger partial charge in [0.15, 0.2) is 0 Å². The Morgan fingerprint density at radius 2 is 2.05 bits per heavy atom. The van der Waals surface area contributed by atoms with Gasteiger partial charge in [-0.2, -0.15) is 0 Å². The van der Waals surface area contributed by atoms with Crippen LogP contribution >= 0.6 is 0 Å². The SMILES string of the molecule is Cc1ccc2nc(COc3ccc([N+](=O)[O-])c(C)c3)cn2c1. The van der Waals surface area contributed by atoms with Crippen LogP contribution in [0.15, 0.2) is 42.7 Å². The van der Waals surface area contributed by atoms with Gasteiger partial charge in [0.05, 0.1) is 10.6 Å². The zero-order chi connectivity index (χ0) is 15.7. The molecule has 0 aliphatic carbocycles. The van der Waals surface area contributed by atoms with E-state index in [2.05, 4.69) is 4.98 Å². The Labute approximate surface area is 127 Å². The van der Waals surface area contributed by atoms with E-state index in [0.29, 0.717) is 17.9 Å². The van der Waals surface area contributed by atoms with Gasteiger partial charge in [0.2, 0.25) is 0 Å². The number of nitro benzene ring substituents is 1. The Morgan fingerprint density at radius 3 is 2.77 bits per heavy atom. The summed E-state index contributed by atoms with van der Waals surface area (Å²) in [5.41, 5.74) is 3.50. The molecule has 0 unspecified atom stereocenters. The summed E-state index contributed by atoms with van der Waals surface area (Å²) in [6, 6.07) is 8.68. The fourth-order valence-electron chi connectivity index (χ4n) is 2.30. The van der Waals surface area contributed by atoms with Gasteiger partial charge in [0.25, 0.3) is 5.69 Å². The lowest BCUT2D eigenvalue weighted by Crippen LogP contribution is -1.97. The van der Waals surface area contributed by atoms with Crippen LogP contribution in [-0.4, -0.2) is 14.3 Å². The average molecular weight is 297 g/mol. The Bertz CT molecular complexity index is 855. The molecule has 2 heterocycles. The number of fused-ring (bicyclic) bond motifs is 1. The van der Waals surface area contributed by atoms with Gasteiger partial charge >= 0.3 is 0 Å². The molecule has 0 bridgehead atoms. The van der Waals surface area contributed by atoms with Crippen LogP contribution in [-0.2, 0) is 6.61 Å². The molecule has 3 rings (SSSR count). The number of pyridine rings is 1. The first-order chi connectivity index (χ1) is 10.5. The van der Waals surface area contributed by atoms with E-state index in [9.17, 15) is 10.1 Å². The van der Waals surface area contributed by atoms with Gasteiger partial charge in [0, 0.05) is 24.0 Å². The van der Waals surface area contributed by atoms with E-state index >= 15 is 0 Å². The largest absolute Gasteiger partial charge is 0.487 e. The molecular weight excluding hydrogens is 282 g/mol. The van der Waals surface area contributed by atoms with Crippen LogP contribution in [0.3, 0.4) is 0 Å². The summed E-state index contributed by atoms with van der Waals surface area (Å²) >= 11 is 0. The second-order valence-corrected chi connectivity index (χ2v) is 5.20. The van der Waals surface area contributed by atoms with Crippen molar-refractivity contribution >= 4 is 11.3 Å². The number of nitro groups is 1. The van der Waals surface area contributed by atoms with Crippen molar-refractivity contribution in [2.45, 2.75) is 20.5 Å². The number of hydrogen-bond acceptors (Lipinski definition) is 4. The highest BCUT2D eigenvalue weighted by molar-refractivity contribution is 5.44. The fraction of sp³-hybridized carbons (Fsp3) is 0.188. The first-order valence-corrected chi connectivity index (χ1v) is 6.85. The molecule has 0 radical (unpaired) electrons. The lowest BCUT2D eigenvalue weighted by Gasteiger charge is -2.05. The molecule has 0 aliphatic rings. The molecule has 2 aromatic heterocycles. The van der Waals surface area contributed by atoms with Crippen molar-refractivity contribution in [3.05, 3.63) is 69.7 Å². The Morgan fingerprint density at radius 1 is 1.23 bits per heavy atom. The minimum Gasteiger partial charge on any atom is -0.487 e. The molecule has 0 saturated carbocycles. The second-order valence-electron chi connectivity index (χ2n) is 5.20. The predicted molar refractivity (Wildman–Crippen MR) is 82.1 cm³/mol. The smallest absolute Gasteiger partial charge is 0.272 e. The Balaban J connectivity index is 1.76. The number of hydrogen-bond donors (Lipinski definition) is 0. The van der Waals surface area contributed by atoms with Crippen molar-refractivity contribution in [1.82, 2.24) is 9.38 Å². The number of rotatable bonds is 4. The quantitative estimate of drug-likeness (QED) is 0.546. The van der Waals surface area contributed by atoms with Gasteiger partial charge in [-0.15, -0.1) is 0 Å². The molecule has 0 amide bonds. The van der Waals surface area contributed by atoms with Crippen molar-refractivity contribution < 1.29 is 9.66 Å². The molecule has 0 saturated heterocycles. The molecule has 0 aliphatic heterocycles. The lowest BCUT2D eigenvalue weighted by molar-refractivity contribution is -0.385. The highest BCUT2D eigenvalue weighted by atomic mass is 16.6. The van der Waals surface area contributed by atoms with Crippen LogP contribution < -0.4 is 4.74 Å². The zero-order valence-electron chi connectivity index (χ0n) is 12.3. The maximum Gasteiger partial charge on any atom is 0.272 e. The van der Waals surface area contributed by atoms with Crippen molar-refractivity contribution in [2.75, 3.05) is 0 Å². The van der Waals surface area contributed by atoms with Gasteiger partial charge in [-0.05, 0) is 37.6 Å². The van der Waals surface area contributed by atoms with Crippen LogP contribution in [0.5, 0.6) is 5.75 Å². The van der Waals surface area contributed by atoms with Crippen LogP contribution in [0.2, 0.25) is 0 Å². The summed E-state index contributed by atoms with van der Waals surface area (Å²) in [6.07, 6.45) is 3.92. The molecule has 0 spiro atoms. The maximum absolute atomic E-state index is 10.8. The predicted octanol–water partition coefficient (Wildman–Crippen LogP) is 3.44. The third-order valence-corrected chi connectivity index (χ3v) is 3.40. The third-order valence-electron chi connectivity index (χ3n) is 3.40. The summed E-state index contributed by atoms with van der Waals surface area (Å²) in [5, 5.41) is 10.8. The van der Waals surface area contributed by atoms with Gasteiger partial charge in [-0.25, -0.2) is 4.98 Å². The van der Waals surface area contributed by atoms with Crippen molar-refractivity contribution in [3.8, 4) is 5.75 Å². The van der Waals surface area contributed by atoms with Gasteiger partial charge in [-0.3, -0.25) is 10.1 Å².